The fourth-order valence-electron chi connectivity index (χ4n) is 10.3. The number of amides is 13. The van der Waals surface area contributed by atoms with Crippen LogP contribution in [0, 0.1) is 16.7 Å². The number of carboxylic acid groups (broad SMARTS) is 3. The van der Waals surface area contributed by atoms with Gasteiger partial charge in [-0.2, -0.15) is 0 Å². The summed E-state index contributed by atoms with van der Waals surface area (Å²) in [6, 6.07) is -7.31. The quantitative estimate of drug-likeness (QED) is 0.00962. The first-order chi connectivity index (χ1) is 51.4. The number of aliphatic carboxylic acids is 3. The highest BCUT2D eigenvalue weighted by atomic mass is 16.4. The van der Waals surface area contributed by atoms with E-state index in [1.807, 2.05) is 0 Å². The molecule has 2 rings (SSSR count). The van der Waals surface area contributed by atoms with Crippen LogP contribution in [-0.2, 0) is 89.6 Å². The normalized spacial score (nSPS) is 14.1. The van der Waals surface area contributed by atoms with Crippen LogP contribution in [0.1, 0.15) is 122 Å². The van der Waals surface area contributed by atoms with Gasteiger partial charge in [0.05, 0.1) is 19.5 Å². The van der Waals surface area contributed by atoms with Crippen LogP contribution in [0.25, 0.3) is 0 Å². The maximum atomic E-state index is 14.5. The molecule has 0 saturated heterocycles. The number of benzene rings is 2. The molecule has 0 radical (unpaired) electrons. The molecule has 0 aliphatic carbocycles. The minimum absolute atomic E-state index is 0.00651. The molecule has 32 N–H and O–H groups in total. The lowest BCUT2D eigenvalue weighted by Gasteiger charge is -2.29. The molecule has 43 nitrogen and oxygen atoms in total. The van der Waals surface area contributed by atoms with Crippen molar-refractivity contribution in [2.45, 2.75) is 190 Å². The van der Waals surface area contributed by atoms with Gasteiger partial charge in [0.25, 0.3) is 0 Å². The van der Waals surface area contributed by atoms with Crippen molar-refractivity contribution in [1.82, 2.24) is 79.9 Å². The van der Waals surface area contributed by atoms with Crippen LogP contribution in [0.4, 0.5) is 0 Å². The van der Waals surface area contributed by atoms with Crippen molar-refractivity contribution in [1.29, 1.82) is 10.8 Å². The van der Waals surface area contributed by atoms with E-state index < -0.39 is 224 Å². The van der Waals surface area contributed by atoms with Crippen LogP contribution in [0.5, 0.6) is 11.5 Å². The second-order valence-electron chi connectivity index (χ2n) is 25.4. The van der Waals surface area contributed by atoms with Crippen molar-refractivity contribution in [2.24, 2.45) is 34.7 Å². The zero-order valence-electron chi connectivity index (χ0n) is 60.8. The Balaban J connectivity index is 2.52. The number of rotatable bonds is 52. The number of carbonyl (C=O) groups excluding carboxylic acids is 13. The summed E-state index contributed by atoms with van der Waals surface area (Å²) >= 11 is 0. The molecule has 0 bridgehead atoms. The molecular weight excluding hydrogens is 1440 g/mol. The highest BCUT2D eigenvalue weighted by Crippen LogP contribution is 2.17. The molecule has 43 heteroatoms. The number of hydrogen-bond donors (Lipinski definition) is 27. The molecule has 0 unspecified atom stereocenters. The molecule has 0 aromatic heterocycles. The number of aromatic hydroxyl groups is 2. The number of nitrogens with two attached hydrogens (primary N) is 5. The topological polar surface area (TPSA) is 733 Å². The molecule has 109 heavy (non-hydrogen) atoms. The van der Waals surface area contributed by atoms with Crippen LogP contribution in [-0.4, -0.2) is 231 Å². The van der Waals surface area contributed by atoms with Crippen LogP contribution < -0.4 is 109 Å². The van der Waals surface area contributed by atoms with Gasteiger partial charge in [-0.05, 0) is 119 Å². The molecule has 604 valence electrons. The Bertz CT molecular complexity index is 3480. The summed E-state index contributed by atoms with van der Waals surface area (Å²) in [4.78, 5) is 215. The zero-order valence-corrected chi connectivity index (χ0v) is 60.8. The van der Waals surface area contributed by atoms with Gasteiger partial charge >= 0.3 is 17.9 Å². The molecule has 2 aromatic carbocycles. The average molecular weight is 1540 g/mol. The standard InChI is InChI=1S/C66H104N22O21/c1-5-33(2)53(88-63(108)46(29-37-15-19-39(90)20-16-37)86-58(103)41(10-6-7-25-67)80-49(92)32-77-73)64(109)79-35(4)55(100)85-45(28-36-13-17-38(89)18-14-36)61(106)87-47(30-52(97)98)62(107)84-44(22-24-51(95)96)60(105)83-43(21-23-50(93)94)57(102)78-34(3)54(99)81-42(12-9-27-75-66(71)72)59(104)82-40(11-8-26-74-65(69)70)56(101)76-31-48(68)91/h13-20,33-35,40-47,53,77,89-90H,5-12,21-32,67,73H2,1-4H3,(H2,68,91)(H,76,101)(H,78,102)(H,79,109)(H,80,92)(H,81,99)(H,82,104)(H,83,105)(H,84,107)(H,85,100)(H,86,103)(H,87,106)(H,88,108)(H,93,94)(H,95,96)(H,97,98)(H4,69,70,74)(H4,71,72,75)/t33-,34-,35-,40-,41-,42-,43-,44-,45-,46-,47-,53-/m0/s1. The highest BCUT2D eigenvalue weighted by Gasteiger charge is 2.38. The zero-order chi connectivity index (χ0) is 82.0. The van der Waals surface area contributed by atoms with E-state index in [9.17, 15) is 102 Å². The van der Waals surface area contributed by atoms with E-state index in [1.165, 1.54) is 55.5 Å². The van der Waals surface area contributed by atoms with Crippen LogP contribution >= 0.6 is 0 Å². The fourth-order valence-corrected chi connectivity index (χ4v) is 10.3. The van der Waals surface area contributed by atoms with E-state index in [1.54, 1.807) is 13.8 Å². The number of guanidine groups is 2. The van der Waals surface area contributed by atoms with Gasteiger partial charge in [0.1, 0.15) is 78.0 Å². The minimum Gasteiger partial charge on any atom is -0.508 e. The number of carbonyl (C=O) groups is 16. The van der Waals surface area contributed by atoms with Crippen molar-refractivity contribution in [3.05, 3.63) is 59.7 Å². The third-order valence-corrected chi connectivity index (χ3v) is 16.4. The Kier molecular flexibility index (Phi) is 41.8. The third kappa shape index (κ3) is 37.2. The van der Waals surface area contributed by atoms with Gasteiger partial charge in [0.15, 0.2) is 11.9 Å². The lowest BCUT2D eigenvalue weighted by molar-refractivity contribution is -0.142. The van der Waals surface area contributed by atoms with E-state index >= 15 is 0 Å². The summed E-state index contributed by atoms with van der Waals surface area (Å²) in [6.45, 7) is 4.94. The number of hydrazine groups is 1. The van der Waals surface area contributed by atoms with Crippen molar-refractivity contribution < 1.29 is 102 Å². The monoisotopic (exact) mass is 1540 g/mol. The van der Waals surface area contributed by atoms with Crippen molar-refractivity contribution in [2.75, 3.05) is 32.7 Å². The van der Waals surface area contributed by atoms with E-state index in [0.29, 0.717) is 18.4 Å². The van der Waals surface area contributed by atoms with E-state index in [4.69, 9.17) is 39.6 Å². The number of nitrogens with one attached hydrogen (secondary N) is 17. The minimum atomic E-state index is -2.18. The number of primary amides is 1. The maximum Gasteiger partial charge on any atom is 0.305 e. The second kappa shape index (κ2) is 49.0. The Labute approximate surface area is 626 Å². The van der Waals surface area contributed by atoms with E-state index in [2.05, 4.69) is 79.9 Å². The largest absolute Gasteiger partial charge is 0.508 e. The first-order valence-corrected chi connectivity index (χ1v) is 34.8. The van der Waals surface area contributed by atoms with Gasteiger partial charge in [-0.1, -0.05) is 44.5 Å². The molecule has 0 saturated carbocycles. The van der Waals surface area contributed by atoms with Gasteiger partial charge in [-0.15, -0.1) is 0 Å². The summed E-state index contributed by atoms with van der Waals surface area (Å²) < 4.78 is 0. The average Bonchev–Trinajstić information content (AvgIpc) is 0.836. The highest BCUT2D eigenvalue weighted by molar-refractivity contribution is 6.00. The Morgan fingerprint density at radius 1 is 0.404 bits per heavy atom. The summed E-state index contributed by atoms with van der Waals surface area (Å²) in [7, 11) is 0. The summed E-state index contributed by atoms with van der Waals surface area (Å²) in [5.41, 5.74) is 24.5. The lowest BCUT2D eigenvalue weighted by Crippen LogP contribution is -2.61. The first kappa shape index (κ1) is 93.1. The molecule has 12 atom stereocenters. The van der Waals surface area contributed by atoms with Gasteiger partial charge in [0.2, 0.25) is 76.8 Å². The number of carboxylic acids is 3. The van der Waals surface area contributed by atoms with Crippen LogP contribution in [0.2, 0.25) is 0 Å². The third-order valence-electron chi connectivity index (χ3n) is 16.4. The molecule has 0 fully saturated rings. The van der Waals surface area contributed by atoms with E-state index in [-0.39, 0.29) is 88.2 Å². The molecule has 2 aromatic rings. The Morgan fingerprint density at radius 3 is 1.17 bits per heavy atom. The van der Waals surface area contributed by atoms with Gasteiger partial charge < -0.3 is 123 Å². The Morgan fingerprint density at radius 2 is 0.761 bits per heavy atom. The molecule has 0 aliphatic heterocycles. The molecule has 0 aliphatic rings. The second-order valence-corrected chi connectivity index (χ2v) is 25.4. The number of phenolic OH excluding ortho intramolecular Hbond substituents is 2. The molecule has 13 amide bonds. The number of unbranched alkanes of at least 4 members (excludes halogenated alkanes) is 1. The van der Waals surface area contributed by atoms with Crippen LogP contribution in [0.15, 0.2) is 48.5 Å². The molecular formula is C66H104N22O21. The summed E-state index contributed by atoms with van der Waals surface area (Å²) in [5, 5.41) is 98.1. The number of phenols is 2. The summed E-state index contributed by atoms with van der Waals surface area (Å²) in [5.74, 6) is -14.9. The predicted octanol–water partition coefficient (Wildman–Crippen LogP) is -7.77. The SMILES string of the molecule is CC[C@H](C)[C@H](NC(=O)[C@H](Cc1ccc(O)cc1)NC(=O)[C@H](CCCCN)NC(=O)CNN)C(=O)N[C@@H](C)C(=O)N[C@@H](Cc1ccc(O)cc1)C(=O)N[C@@H](CC(=O)O)C(=O)N[C@@H](CCC(=O)O)C(=O)N[C@@H](CCC(=O)O)C(=O)N[C@@H](C)C(=O)N[C@@H](CCCNC(=N)N)C(=O)N[C@@H](CCCNC(=N)N)C(=O)NCC(N)=O. The predicted molar refractivity (Wildman–Crippen MR) is 387 cm³/mol. The lowest BCUT2D eigenvalue weighted by atomic mass is 9.96. The Hall–Kier alpha value is -12.0. The molecule has 0 heterocycles. The van der Waals surface area contributed by atoms with Crippen molar-refractivity contribution >= 4 is 107 Å². The van der Waals surface area contributed by atoms with Gasteiger partial charge in [-0.3, -0.25) is 98.8 Å². The van der Waals surface area contributed by atoms with Gasteiger partial charge in [0, 0.05) is 38.8 Å². The fraction of sp³-hybridized carbons (Fsp3) is 0.545. The van der Waals surface area contributed by atoms with Gasteiger partial charge in [-0.25, -0.2) is 0 Å². The van der Waals surface area contributed by atoms with Crippen molar-refractivity contribution in [3.8, 4) is 11.5 Å². The first-order valence-electron chi connectivity index (χ1n) is 34.8. The van der Waals surface area contributed by atoms with Crippen molar-refractivity contribution in [3.63, 3.8) is 0 Å². The smallest absolute Gasteiger partial charge is 0.305 e. The van der Waals surface area contributed by atoms with E-state index in [0.717, 1.165) is 6.92 Å². The number of hydrogen-bond acceptors (Lipinski definition) is 23. The van der Waals surface area contributed by atoms with Crippen LogP contribution in [0.3, 0.4) is 0 Å². The summed E-state index contributed by atoms with van der Waals surface area (Å²) in [6.07, 6.45) is -4.15. The maximum absolute atomic E-state index is 14.5. The molecule has 0 spiro atoms.